The molecule has 0 N–H and O–H groups in total. The molecule has 0 atom stereocenters. The first-order valence-corrected chi connectivity index (χ1v) is 11.7. The quantitative estimate of drug-likeness (QED) is 0.332. The van der Waals surface area contributed by atoms with Crippen molar-refractivity contribution in [2.24, 2.45) is 5.92 Å². The Morgan fingerprint density at radius 3 is 2.53 bits per heavy atom. The van der Waals surface area contributed by atoms with Gasteiger partial charge in [-0.15, -0.1) is 0 Å². The van der Waals surface area contributed by atoms with Gasteiger partial charge in [0.05, 0.1) is 42.5 Å². The van der Waals surface area contributed by atoms with Crippen molar-refractivity contribution in [3.05, 3.63) is 93.4 Å². The number of benzene rings is 3. The Hall–Kier alpha value is -3.51. The highest BCUT2D eigenvalue weighted by Crippen LogP contribution is 2.28. The number of fused-ring (bicyclic) bond motifs is 1. The summed E-state index contributed by atoms with van der Waals surface area (Å²) in [5.74, 6) is 1.04. The molecule has 1 aliphatic carbocycles. The molecule has 0 saturated heterocycles. The maximum absolute atomic E-state index is 13.6. The van der Waals surface area contributed by atoms with Crippen molar-refractivity contribution < 1.29 is 14.3 Å². The molecular formula is C27H25ClN2O4. The van der Waals surface area contributed by atoms with E-state index in [1.54, 1.807) is 39.5 Å². The van der Waals surface area contributed by atoms with Gasteiger partial charge in [0.15, 0.2) is 0 Å². The van der Waals surface area contributed by atoms with Gasteiger partial charge in [0.25, 0.3) is 0 Å². The summed E-state index contributed by atoms with van der Waals surface area (Å²) in [5, 5.41) is 0.548. The van der Waals surface area contributed by atoms with E-state index in [1.165, 1.54) is 26.4 Å². The number of nitrogens with zero attached hydrogens (tertiary/aromatic N) is 2. The van der Waals surface area contributed by atoms with Crippen LogP contribution in [0.25, 0.3) is 16.7 Å². The normalized spacial score (nSPS) is 13.6. The Morgan fingerprint density at radius 2 is 1.82 bits per heavy atom. The number of rotatable bonds is 7. The Kier molecular flexibility index (Phi) is 6.16. The Bertz CT molecular complexity index is 1400. The maximum Gasteiger partial charge on any atom is 0.337 e. The van der Waals surface area contributed by atoms with Crippen LogP contribution in [0.4, 0.5) is 0 Å². The fraction of sp³-hybridized carbons (Fsp3) is 0.259. The summed E-state index contributed by atoms with van der Waals surface area (Å²) < 4.78 is 14.1. The van der Waals surface area contributed by atoms with Crippen LogP contribution in [0.5, 0.6) is 5.75 Å². The molecule has 1 fully saturated rings. The number of carbonyl (C=O) groups is 1. The zero-order valence-electron chi connectivity index (χ0n) is 18.9. The maximum atomic E-state index is 13.6. The molecule has 0 unspecified atom stereocenters. The van der Waals surface area contributed by atoms with E-state index in [4.69, 9.17) is 21.1 Å². The van der Waals surface area contributed by atoms with E-state index in [2.05, 4.69) is 0 Å². The number of aromatic nitrogens is 2. The van der Waals surface area contributed by atoms with Gasteiger partial charge in [0, 0.05) is 5.02 Å². The van der Waals surface area contributed by atoms with Crippen LogP contribution in [0.3, 0.4) is 0 Å². The highest BCUT2D eigenvalue weighted by molar-refractivity contribution is 6.31. The van der Waals surface area contributed by atoms with Crippen LogP contribution in [0.2, 0.25) is 5.02 Å². The van der Waals surface area contributed by atoms with E-state index >= 15 is 0 Å². The van der Waals surface area contributed by atoms with Crippen LogP contribution >= 0.6 is 11.6 Å². The van der Waals surface area contributed by atoms with Crippen molar-refractivity contribution in [1.82, 2.24) is 9.13 Å². The smallest absolute Gasteiger partial charge is 0.337 e. The van der Waals surface area contributed by atoms with Gasteiger partial charge in [-0.3, -0.25) is 9.13 Å². The fourth-order valence-corrected chi connectivity index (χ4v) is 4.46. The Balaban J connectivity index is 1.51. The largest absolute Gasteiger partial charge is 0.493 e. The minimum absolute atomic E-state index is 0.191. The van der Waals surface area contributed by atoms with E-state index < -0.39 is 5.97 Å². The summed E-state index contributed by atoms with van der Waals surface area (Å²) >= 11 is 6.29. The molecule has 1 aliphatic rings. The molecule has 1 aromatic heterocycles. The molecular weight excluding hydrogens is 452 g/mol. The SMILES string of the molecule is COC(=O)c1cccc(Cn2c(=O)n(-c3ccc(OCC4CCC4)cc3)c3cc(Cl)ccc32)c1. The minimum atomic E-state index is -0.414. The van der Waals surface area contributed by atoms with Gasteiger partial charge in [0.2, 0.25) is 0 Å². The molecule has 4 aromatic rings. The number of imidazole rings is 1. The molecule has 174 valence electrons. The Labute approximate surface area is 202 Å². The number of hydrogen-bond acceptors (Lipinski definition) is 4. The van der Waals surface area contributed by atoms with Crippen LogP contribution in [0.1, 0.15) is 35.2 Å². The molecule has 0 aliphatic heterocycles. The second kappa shape index (κ2) is 9.39. The first-order valence-electron chi connectivity index (χ1n) is 11.3. The highest BCUT2D eigenvalue weighted by Gasteiger charge is 2.19. The average Bonchev–Trinajstić information content (AvgIpc) is 3.08. The highest BCUT2D eigenvalue weighted by atomic mass is 35.5. The predicted molar refractivity (Wildman–Crippen MR) is 132 cm³/mol. The first kappa shape index (κ1) is 22.3. The molecule has 5 rings (SSSR count). The van der Waals surface area contributed by atoms with Crippen LogP contribution in [0, 0.1) is 5.92 Å². The van der Waals surface area contributed by atoms with Gasteiger partial charge >= 0.3 is 11.7 Å². The molecule has 0 radical (unpaired) electrons. The van der Waals surface area contributed by atoms with Gasteiger partial charge in [-0.25, -0.2) is 9.59 Å². The third-order valence-electron chi connectivity index (χ3n) is 6.39. The topological polar surface area (TPSA) is 62.5 Å². The summed E-state index contributed by atoms with van der Waals surface area (Å²) in [7, 11) is 1.35. The van der Waals surface area contributed by atoms with Gasteiger partial charge in [-0.1, -0.05) is 30.2 Å². The lowest BCUT2D eigenvalue weighted by atomic mass is 9.86. The summed E-state index contributed by atoms with van der Waals surface area (Å²) in [6.45, 7) is 1.04. The molecule has 0 bridgehead atoms. The lowest BCUT2D eigenvalue weighted by Gasteiger charge is -2.25. The number of carbonyl (C=O) groups excluding carboxylic acids is 1. The number of esters is 1. The van der Waals surface area contributed by atoms with Gasteiger partial charge in [0.1, 0.15) is 5.75 Å². The molecule has 0 amide bonds. The van der Waals surface area contributed by atoms with E-state index in [0.717, 1.165) is 29.1 Å². The molecule has 7 heteroatoms. The lowest BCUT2D eigenvalue weighted by molar-refractivity contribution is 0.0600. The van der Waals surface area contributed by atoms with Crippen molar-refractivity contribution in [2.75, 3.05) is 13.7 Å². The van der Waals surface area contributed by atoms with Crippen molar-refractivity contribution in [1.29, 1.82) is 0 Å². The van der Waals surface area contributed by atoms with Crippen molar-refractivity contribution >= 4 is 28.6 Å². The first-order chi connectivity index (χ1) is 16.5. The van der Waals surface area contributed by atoms with Gasteiger partial charge in [-0.05, 0) is 78.9 Å². The standard InChI is InChI=1S/C27H25ClN2O4/c1-33-26(31)20-7-3-6-19(14-20)16-29-24-13-8-21(28)15-25(24)30(27(29)32)22-9-11-23(12-10-22)34-17-18-4-2-5-18/h3,6-15,18H,2,4-5,16-17H2,1H3. The second-order valence-electron chi connectivity index (χ2n) is 8.63. The summed E-state index contributed by atoms with van der Waals surface area (Å²) in [6, 6.07) is 20.1. The summed E-state index contributed by atoms with van der Waals surface area (Å²) in [6.07, 6.45) is 3.75. The van der Waals surface area contributed by atoms with Crippen LogP contribution < -0.4 is 10.4 Å². The third-order valence-corrected chi connectivity index (χ3v) is 6.62. The molecule has 6 nitrogen and oxygen atoms in total. The van der Waals surface area contributed by atoms with Crippen molar-refractivity contribution in [3.63, 3.8) is 0 Å². The second-order valence-corrected chi connectivity index (χ2v) is 9.07. The summed E-state index contributed by atoms with van der Waals surface area (Å²) in [4.78, 5) is 25.5. The lowest BCUT2D eigenvalue weighted by Crippen LogP contribution is -2.24. The summed E-state index contributed by atoms with van der Waals surface area (Å²) in [5.41, 5.74) is 3.27. The zero-order valence-corrected chi connectivity index (χ0v) is 19.6. The molecule has 1 saturated carbocycles. The molecule has 1 heterocycles. The van der Waals surface area contributed by atoms with Crippen molar-refractivity contribution in [2.45, 2.75) is 25.8 Å². The van der Waals surface area contributed by atoms with Crippen molar-refractivity contribution in [3.8, 4) is 11.4 Å². The van der Waals surface area contributed by atoms with E-state index in [0.29, 0.717) is 28.6 Å². The van der Waals surface area contributed by atoms with Gasteiger partial charge in [-0.2, -0.15) is 0 Å². The van der Waals surface area contributed by atoms with E-state index in [9.17, 15) is 9.59 Å². The number of ether oxygens (including phenoxy) is 2. The fourth-order valence-electron chi connectivity index (χ4n) is 4.30. The average molecular weight is 477 g/mol. The van der Waals surface area contributed by atoms with Crippen LogP contribution in [-0.4, -0.2) is 28.8 Å². The third kappa shape index (κ3) is 4.33. The molecule has 0 spiro atoms. The monoisotopic (exact) mass is 476 g/mol. The number of methoxy groups -OCH3 is 1. The Morgan fingerprint density at radius 1 is 1.03 bits per heavy atom. The molecule has 3 aromatic carbocycles. The van der Waals surface area contributed by atoms with Crippen LogP contribution in [-0.2, 0) is 11.3 Å². The van der Waals surface area contributed by atoms with E-state index in [-0.39, 0.29) is 5.69 Å². The zero-order chi connectivity index (χ0) is 23.7. The van der Waals surface area contributed by atoms with Gasteiger partial charge < -0.3 is 9.47 Å². The predicted octanol–water partition coefficient (Wildman–Crippen LogP) is 5.46. The van der Waals surface area contributed by atoms with E-state index in [1.807, 2.05) is 36.4 Å². The number of hydrogen-bond donors (Lipinski definition) is 0. The number of halogens is 1. The minimum Gasteiger partial charge on any atom is -0.493 e. The van der Waals surface area contributed by atoms with Crippen LogP contribution in [0.15, 0.2) is 71.5 Å². The molecule has 34 heavy (non-hydrogen) atoms.